The van der Waals surface area contributed by atoms with Gasteiger partial charge in [-0.15, -0.1) is 0 Å². The number of carbonyl (C=O) groups is 1. The van der Waals surface area contributed by atoms with E-state index in [1.807, 2.05) is 30.7 Å². The number of aryl methyl sites for hydroxylation is 2. The van der Waals surface area contributed by atoms with Crippen LogP contribution in [0.4, 0.5) is 5.82 Å². The summed E-state index contributed by atoms with van der Waals surface area (Å²) < 4.78 is 6.63. The molecule has 8 nitrogen and oxygen atoms in total. The second-order valence-corrected chi connectivity index (χ2v) is 4.71. The first-order valence-corrected chi connectivity index (χ1v) is 6.95. The number of methoxy groups -OCH3 is 1. The van der Waals surface area contributed by atoms with Crippen molar-refractivity contribution in [2.45, 2.75) is 13.8 Å². The molecule has 0 aliphatic rings. The molecule has 0 atom stereocenters. The number of nitrogens with zero attached hydrogens (tertiary/aromatic N) is 4. The van der Waals surface area contributed by atoms with E-state index in [-0.39, 0.29) is 12.5 Å². The number of carbonyl (C=O) groups excluding carboxylic acids is 1. The van der Waals surface area contributed by atoms with Gasteiger partial charge < -0.3 is 15.4 Å². The molecular weight excluding hydrogens is 284 g/mol. The maximum absolute atomic E-state index is 11.3. The van der Waals surface area contributed by atoms with E-state index in [2.05, 4.69) is 25.6 Å². The van der Waals surface area contributed by atoms with Gasteiger partial charge >= 0.3 is 0 Å². The minimum atomic E-state index is -0.141. The highest BCUT2D eigenvalue weighted by molar-refractivity contribution is 5.77. The third kappa shape index (κ3) is 4.26. The van der Waals surface area contributed by atoms with Gasteiger partial charge in [-0.2, -0.15) is 0 Å². The monoisotopic (exact) mass is 304 g/mol. The Hall–Kier alpha value is -2.48. The number of amides is 1. The van der Waals surface area contributed by atoms with E-state index in [1.165, 1.54) is 7.11 Å². The van der Waals surface area contributed by atoms with Crippen LogP contribution in [0.15, 0.2) is 18.5 Å². The molecule has 0 spiro atoms. The zero-order valence-corrected chi connectivity index (χ0v) is 13.0. The molecule has 2 aromatic rings. The van der Waals surface area contributed by atoms with Crippen molar-refractivity contribution in [2.24, 2.45) is 0 Å². The van der Waals surface area contributed by atoms with Gasteiger partial charge in [0.2, 0.25) is 5.91 Å². The summed E-state index contributed by atoms with van der Waals surface area (Å²) in [5, 5.41) is 5.90. The standard InChI is InChI=1S/C14H20N6O2/c1-10-18-12(16-4-5-17-14(21)9-22-3)8-13(19-10)20-7-6-15-11(20)2/h6-8H,4-5,9H2,1-3H3,(H,17,21)(H,16,18,19). The molecule has 0 aliphatic heterocycles. The predicted molar refractivity (Wildman–Crippen MR) is 82.0 cm³/mol. The van der Waals surface area contributed by atoms with Crippen LogP contribution in [-0.4, -0.2) is 52.2 Å². The van der Waals surface area contributed by atoms with Gasteiger partial charge in [0.25, 0.3) is 0 Å². The van der Waals surface area contributed by atoms with Crippen molar-refractivity contribution >= 4 is 11.7 Å². The number of rotatable bonds is 7. The number of aromatic nitrogens is 4. The fourth-order valence-electron chi connectivity index (χ4n) is 1.96. The summed E-state index contributed by atoms with van der Waals surface area (Å²) in [4.78, 5) is 24.2. The smallest absolute Gasteiger partial charge is 0.246 e. The number of hydrogen-bond acceptors (Lipinski definition) is 6. The average molecular weight is 304 g/mol. The van der Waals surface area contributed by atoms with Gasteiger partial charge in [-0.05, 0) is 13.8 Å². The highest BCUT2D eigenvalue weighted by Crippen LogP contribution is 2.12. The molecule has 0 aliphatic carbocycles. The second-order valence-electron chi connectivity index (χ2n) is 4.71. The maximum atomic E-state index is 11.3. The molecule has 2 heterocycles. The van der Waals surface area contributed by atoms with Crippen LogP contribution in [-0.2, 0) is 9.53 Å². The minimum Gasteiger partial charge on any atom is -0.375 e. The van der Waals surface area contributed by atoms with Crippen LogP contribution >= 0.6 is 0 Å². The van der Waals surface area contributed by atoms with Crippen LogP contribution in [0.1, 0.15) is 11.6 Å². The molecule has 0 saturated carbocycles. The highest BCUT2D eigenvalue weighted by Gasteiger charge is 2.06. The maximum Gasteiger partial charge on any atom is 0.246 e. The number of hydrogen-bond donors (Lipinski definition) is 2. The van der Waals surface area contributed by atoms with Crippen molar-refractivity contribution in [3.63, 3.8) is 0 Å². The lowest BCUT2D eigenvalue weighted by atomic mass is 10.4. The Morgan fingerprint density at radius 3 is 2.82 bits per heavy atom. The van der Waals surface area contributed by atoms with Gasteiger partial charge in [-0.1, -0.05) is 0 Å². The van der Waals surface area contributed by atoms with E-state index in [4.69, 9.17) is 4.74 Å². The number of nitrogens with one attached hydrogen (secondary N) is 2. The van der Waals surface area contributed by atoms with Crippen molar-refractivity contribution in [1.29, 1.82) is 0 Å². The summed E-state index contributed by atoms with van der Waals surface area (Å²) in [6.45, 7) is 4.87. The van der Waals surface area contributed by atoms with Crippen LogP contribution in [0, 0.1) is 13.8 Å². The van der Waals surface area contributed by atoms with E-state index in [0.717, 1.165) is 11.6 Å². The highest BCUT2D eigenvalue weighted by atomic mass is 16.5. The van der Waals surface area contributed by atoms with Crippen molar-refractivity contribution in [3.8, 4) is 5.82 Å². The zero-order chi connectivity index (χ0) is 15.9. The zero-order valence-electron chi connectivity index (χ0n) is 13.0. The third-order valence-corrected chi connectivity index (χ3v) is 2.93. The van der Waals surface area contributed by atoms with E-state index >= 15 is 0 Å². The molecule has 2 N–H and O–H groups in total. The quantitative estimate of drug-likeness (QED) is 0.722. The van der Waals surface area contributed by atoms with Gasteiger partial charge in [-0.25, -0.2) is 15.0 Å². The number of ether oxygens (including phenoxy) is 1. The summed E-state index contributed by atoms with van der Waals surface area (Å²) in [6.07, 6.45) is 3.58. The normalized spacial score (nSPS) is 10.5. The Morgan fingerprint density at radius 1 is 1.32 bits per heavy atom. The first-order valence-electron chi connectivity index (χ1n) is 6.95. The third-order valence-electron chi connectivity index (χ3n) is 2.93. The summed E-state index contributed by atoms with van der Waals surface area (Å²) in [6, 6.07) is 1.85. The lowest BCUT2D eigenvalue weighted by Crippen LogP contribution is -2.31. The molecule has 2 aromatic heterocycles. The Balaban J connectivity index is 1.96. The SMILES string of the molecule is COCC(=O)NCCNc1cc(-n2ccnc2C)nc(C)n1. The molecule has 0 aromatic carbocycles. The molecule has 0 bridgehead atoms. The second kappa shape index (κ2) is 7.51. The first kappa shape index (κ1) is 15.9. The van der Waals surface area contributed by atoms with Crippen LogP contribution in [0.5, 0.6) is 0 Å². The summed E-state index contributed by atoms with van der Waals surface area (Å²) >= 11 is 0. The van der Waals surface area contributed by atoms with Gasteiger partial charge in [0.05, 0.1) is 0 Å². The lowest BCUT2D eigenvalue weighted by molar-refractivity contribution is -0.124. The molecular formula is C14H20N6O2. The van der Waals surface area contributed by atoms with E-state index in [9.17, 15) is 4.79 Å². The van der Waals surface area contributed by atoms with Crippen molar-refractivity contribution in [3.05, 3.63) is 30.1 Å². The molecule has 2 rings (SSSR count). The van der Waals surface area contributed by atoms with Crippen molar-refractivity contribution < 1.29 is 9.53 Å². The Kier molecular flexibility index (Phi) is 5.42. The molecule has 0 unspecified atom stereocenters. The van der Waals surface area contributed by atoms with Gasteiger partial charge in [0, 0.05) is 38.7 Å². The van der Waals surface area contributed by atoms with Crippen LogP contribution < -0.4 is 10.6 Å². The Labute approximate surface area is 128 Å². The molecule has 1 amide bonds. The van der Waals surface area contributed by atoms with Crippen molar-refractivity contribution in [1.82, 2.24) is 24.8 Å². The molecule has 0 radical (unpaired) electrons. The minimum absolute atomic E-state index is 0.0661. The average Bonchev–Trinajstić information content (AvgIpc) is 2.89. The molecule has 0 saturated heterocycles. The summed E-state index contributed by atoms with van der Waals surface area (Å²) in [7, 11) is 1.49. The Morgan fingerprint density at radius 2 is 2.14 bits per heavy atom. The van der Waals surface area contributed by atoms with Crippen LogP contribution in [0.25, 0.3) is 5.82 Å². The number of imidazole rings is 1. The van der Waals surface area contributed by atoms with Crippen LogP contribution in [0.2, 0.25) is 0 Å². The van der Waals surface area contributed by atoms with Crippen molar-refractivity contribution in [2.75, 3.05) is 32.1 Å². The van der Waals surface area contributed by atoms with Crippen LogP contribution in [0.3, 0.4) is 0 Å². The van der Waals surface area contributed by atoms with Gasteiger partial charge in [0.15, 0.2) is 0 Å². The van der Waals surface area contributed by atoms with E-state index in [1.54, 1.807) is 6.20 Å². The number of anilines is 1. The topological polar surface area (TPSA) is 94.0 Å². The summed E-state index contributed by atoms with van der Waals surface area (Å²) in [5.74, 6) is 2.84. The lowest BCUT2D eigenvalue weighted by Gasteiger charge is -2.10. The summed E-state index contributed by atoms with van der Waals surface area (Å²) in [5.41, 5.74) is 0. The fraction of sp³-hybridized carbons (Fsp3) is 0.429. The van der Waals surface area contributed by atoms with E-state index in [0.29, 0.717) is 24.7 Å². The van der Waals surface area contributed by atoms with Gasteiger partial charge in [-0.3, -0.25) is 9.36 Å². The van der Waals surface area contributed by atoms with E-state index < -0.39 is 0 Å². The molecule has 8 heteroatoms. The van der Waals surface area contributed by atoms with Gasteiger partial charge in [0.1, 0.15) is 29.9 Å². The molecule has 0 fully saturated rings. The molecule has 118 valence electrons. The Bertz CT molecular complexity index is 640. The molecule has 22 heavy (non-hydrogen) atoms. The first-order chi connectivity index (χ1) is 10.6. The largest absolute Gasteiger partial charge is 0.375 e. The fourth-order valence-corrected chi connectivity index (χ4v) is 1.96. The predicted octanol–water partition coefficient (Wildman–Crippen LogP) is 0.454.